The molecule has 0 saturated heterocycles. The molecule has 0 saturated carbocycles. The minimum Gasteiger partial charge on any atom is -0.425 e. The maximum absolute atomic E-state index is 12.5. The van der Waals surface area contributed by atoms with Crippen LogP contribution in [0.15, 0.2) is 28.7 Å². The smallest absolute Gasteiger partial charge is 0.416 e. The largest absolute Gasteiger partial charge is 0.425 e. The highest BCUT2D eigenvalue weighted by atomic mass is 19.4. The molecule has 7 heteroatoms. The van der Waals surface area contributed by atoms with Crippen molar-refractivity contribution in [3.05, 3.63) is 47.2 Å². The molecule has 2 rings (SSSR count). The van der Waals surface area contributed by atoms with E-state index in [0.29, 0.717) is 5.56 Å². The number of halogens is 3. The Hall–Kier alpha value is -1.89. The van der Waals surface area contributed by atoms with Gasteiger partial charge in [-0.1, -0.05) is 18.2 Å². The van der Waals surface area contributed by atoms with E-state index < -0.39 is 11.7 Å². The van der Waals surface area contributed by atoms with Crippen molar-refractivity contribution in [2.45, 2.75) is 19.0 Å². The standard InChI is InChI=1S/C12H11F3N2O2/c13-12(14,15)9-3-1-2-8(6-9)7-11-17-16-10(19-11)4-5-18/h1-3,6,18H,4-5,7H2. The SMILES string of the molecule is OCCc1nnc(Cc2cccc(C(F)(F)F)c2)o1. The normalized spacial score (nSPS) is 11.8. The Kier molecular flexibility index (Phi) is 3.84. The lowest BCUT2D eigenvalue weighted by atomic mass is 10.1. The van der Waals surface area contributed by atoms with E-state index in [9.17, 15) is 13.2 Å². The average molecular weight is 272 g/mol. The summed E-state index contributed by atoms with van der Waals surface area (Å²) in [7, 11) is 0. The Morgan fingerprint density at radius 1 is 1.16 bits per heavy atom. The van der Waals surface area contributed by atoms with Gasteiger partial charge in [-0.3, -0.25) is 0 Å². The first-order valence-corrected chi connectivity index (χ1v) is 5.57. The molecule has 0 atom stereocenters. The number of hydrogen-bond donors (Lipinski definition) is 1. The van der Waals surface area contributed by atoms with E-state index in [1.54, 1.807) is 6.07 Å². The molecule has 2 aromatic rings. The Morgan fingerprint density at radius 2 is 1.89 bits per heavy atom. The van der Waals surface area contributed by atoms with Crippen LogP contribution in [-0.2, 0) is 19.0 Å². The molecule has 0 fully saturated rings. The number of hydrogen-bond acceptors (Lipinski definition) is 4. The summed E-state index contributed by atoms with van der Waals surface area (Å²) in [6.45, 7) is -0.120. The van der Waals surface area contributed by atoms with E-state index in [4.69, 9.17) is 9.52 Å². The molecule has 1 N–H and O–H groups in total. The van der Waals surface area contributed by atoms with Crippen molar-refractivity contribution in [1.82, 2.24) is 10.2 Å². The first kappa shape index (κ1) is 13.5. The Morgan fingerprint density at radius 3 is 2.58 bits per heavy atom. The molecule has 0 amide bonds. The van der Waals surface area contributed by atoms with Crippen LogP contribution >= 0.6 is 0 Å². The van der Waals surface area contributed by atoms with Crippen LogP contribution in [0.4, 0.5) is 13.2 Å². The molecule has 0 radical (unpaired) electrons. The summed E-state index contributed by atoms with van der Waals surface area (Å²) in [5, 5.41) is 16.1. The van der Waals surface area contributed by atoms with Crippen molar-refractivity contribution >= 4 is 0 Å². The van der Waals surface area contributed by atoms with Crippen molar-refractivity contribution in [3.8, 4) is 0 Å². The van der Waals surface area contributed by atoms with Gasteiger partial charge in [0.1, 0.15) is 0 Å². The molecule has 0 spiro atoms. The van der Waals surface area contributed by atoms with Crippen LogP contribution in [-0.4, -0.2) is 21.9 Å². The van der Waals surface area contributed by atoms with Gasteiger partial charge in [0, 0.05) is 6.42 Å². The fourth-order valence-electron chi connectivity index (χ4n) is 1.59. The Bertz CT molecular complexity index is 552. The molecule has 1 aromatic carbocycles. The highest BCUT2D eigenvalue weighted by molar-refractivity contribution is 5.27. The molecule has 0 aliphatic carbocycles. The van der Waals surface area contributed by atoms with Crippen molar-refractivity contribution in [3.63, 3.8) is 0 Å². The van der Waals surface area contributed by atoms with Gasteiger partial charge in [0.05, 0.1) is 18.6 Å². The zero-order valence-corrected chi connectivity index (χ0v) is 9.81. The maximum Gasteiger partial charge on any atom is 0.416 e. The van der Waals surface area contributed by atoms with Crippen LogP contribution in [0.2, 0.25) is 0 Å². The van der Waals surface area contributed by atoms with E-state index >= 15 is 0 Å². The number of aliphatic hydroxyl groups is 1. The van der Waals surface area contributed by atoms with Gasteiger partial charge in [0.15, 0.2) is 0 Å². The van der Waals surface area contributed by atoms with E-state index in [2.05, 4.69) is 10.2 Å². The summed E-state index contributed by atoms with van der Waals surface area (Å²) in [4.78, 5) is 0. The van der Waals surface area contributed by atoms with Crippen molar-refractivity contribution in [2.24, 2.45) is 0 Å². The summed E-state index contributed by atoms with van der Waals surface area (Å²) in [5.41, 5.74) is -0.269. The minimum absolute atomic E-state index is 0.120. The van der Waals surface area contributed by atoms with E-state index in [-0.39, 0.29) is 31.2 Å². The lowest BCUT2D eigenvalue weighted by molar-refractivity contribution is -0.137. The second kappa shape index (κ2) is 5.40. The van der Waals surface area contributed by atoms with Gasteiger partial charge in [-0.2, -0.15) is 13.2 Å². The zero-order valence-electron chi connectivity index (χ0n) is 9.81. The molecule has 0 aliphatic heterocycles. The van der Waals surface area contributed by atoms with E-state index in [1.165, 1.54) is 6.07 Å². The van der Waals surface area contributed by atoms with Crippen LogP contribution in [0, 0.1) is 0 Å². The highest BCUT2D eigenvalue weighted by Gasteiger charge is 2.30. The van der Waals surface area contributed by atoms with Gasteiger partial charge in [0.25, 0.3) is 0 Å². The lowest BCUT2D eigenvalue weighted by Gasteiger charge is -2.07. The van der Waals surface area contributed by atoms with Crippen molar-refractivity contribution < 1.29 is 22.7 Å². The Labute approximate surface area is 106 Å². The summed E-state index contributed by atoms with van der Waals surface area (Å²) < 4.78 is 42.8. The number of aromatic nitrogens is 2. The van der Waals surface area contributed by atoms with Crippen LogP contribution in [0.1, 0.15) is 22.9 Å². The van der Waals surface area contributed by atoms with Gasteiger partial charge >= 0.3 is 6.18 Å². The molecule has 0 bridgehead atoms. The second-order valence-electron chi connectivity index (χ2n) is 3.94. The number of aliphatic hydroxyl groups excluding tert-OH is 1. The van der Waals surface area contributed by atoms with Gasteiger partial charge < -0.3 is 9.52 Å². The quantitative estimate of drug-likeness (QED) is 0.927. The van der Waals surface area contributed by atoms with Gasteiger partial charge in [-0.05, 0) is 11.6 Å². The monoisotopic (exact) mass is 272 g/mol. The third kappa shape index (κ3) is 3.54. The molecular weight excluding hydrogens is 261 g/mol. The van der Waals surface area contributed by atoms with Gasteiger partial charge in [-0.25, -0.2) is 0 Å². The topological polar surface area (TPSA) is 59.2 Å². The van der Waals surface area contributed by atoms with Crippen molar-refractivity contribution in [2.75, 3.05) is 6.61 Å². The summed E-state index contributed by atoms with van der Waals surface area (Å²) in [5.74, 6) is 0.493. The molecule has 102 valence electrons. The zero-order chi connectivity index (χ0) is 13.9. The molecule has 0 aliphatic rings. The summed E-state index contributed by atoms with van der Waals surface area (Å²) >= 11 is 0. The molecular formula is C12H11F3N2O2. The number of nitrogens with zero attached hydrogens (tertiary/aromatic N) is 2. The van der Waals surface area contributed by atoms with Crippen LogP contribution < -0.4 is 0 Å². The first-order valence-electron chi connectivity index (χ1n) is 5.57. The second-order valence-corrected chi connectivity index (χ2v) is 3.94. The van der Waals surface area contributed by atoms with Gasteiger partial charge in [0.2, 0.25) is 11.8 Å². The van der Waals surface area contributed by atoms with Gasteiger partial charge in [-0.15, -0.1) is 10.2 Å². The molecule has 1 heterocycles. The molecule has 4 nitrogen and oxygen atoms in total. The number of benzene rings is 1. The predicted molar refractivity (Wildman–Crippen MR) is 59.3 cm³/mol. The Balaban J connectivity index is 2.14. The third-order valence-corrected chi connectivity index (χ3v) is 2.44. The molecule has 19 heavy (non-hydrogen) atoms. The predicted octanol–water partition coefficient (Wildman–Crippen LogP) is 2.21. The fraction of sp³-hybridized carbons (Fsp3) is 0.333. The summed E-state index contributed by atoms with van der Waals surface area (Å²) in [6, 6.07) is 4.96. The minimum atomic E-state index is -4.37. The highest BCUT2D eigenvalue weighted by Crippen LogP contribution is 2.29. The van der Waals surface area contributed by atoms with Crippen LogP contribution in [0.5, 0.6) is 0 Å². The maximum atomic E-state index is 12.5. The van der Waals surface area contributed by atoms with Crippen LogP contribution in [0.25, 0.3) is 0 Å². The number of alkyl halides is 3. The van der Waals surface area contributed by atoms with E-state index in [1.807, 2.05) is 0 Å². The first-order chi connectivity index (χ1) is 8.99. The lowest BCUT2D eigenvalue weighted by Crippen LogP contribution is -2.05. The van der Waals surface area contributed by atoms with Crippen LogP contribution in [0.3, 0.4) is 0 Å². The number of rotatable bonds is 4. The fourth-order valence-corrected chi connectivity index (χ4v) is 1.59. The van der Waals surface area contributed by atoms with Crippen molar-refractivity contribution in [1.29, 1.82) is 0 Å². The summed E-state index contributed by atoms with van der Waals surface area (Å²) in [6.07, 6.45) is -4.01. The average Bonchev–Trinajstić information content (AvgIpc) is 2.76. The molecule has 1 aromatic heterocycles. The van der Waals surface area contributed by atoms with E-state index in [0.717, 1.165) is 12.1 Å². The third-order valence-electron chi connectivity index (χ3n) is 2.44. The molecule has 0 unspecified atom stereocenters.